The Morgan fingerprint density at radius 3 is 2.56 bits per heavy atom. The summed E-state index contributed by atoms with van der Waals surface area (Å²) >= 11 is 12.0. The molecular formula is C26H24Cl2F3N5O6S. The smallest absolute Gasteiger partial charge is 0.387 e. The third kappa shape index (κ3) is 6.99. The maximum Gasteiger partial charge on any atom is 0.417 e. The first-order chi connectivity index (χ1) is 20.2. The highest BCUT2D eigenvalue weighted by Gasteiger charge is 2.34. The molecule has 1 fully saturated rings. The van der Waals surface area contributed by atoms with Gasteiger partial charge < -0.3 is 18.5 Å². The monoisotopic (exact) mass is 661 g/mol. The van der Waals surface area contributed by atoms with Crippen molar-refractivity contribution in [3.63, 3.8) is 0 Å². The zero-order valence-electron chi connectivity index (χ0n) is 22.4. The number of amides is 1. The maximum absolute atomic E-state index is 13.1. The average Bonchev–Trinajstić information content (AvgIpc) is 3.60. The fourth-order valence-electron chi connectivity index (χ4n) is 4.94. The van der Waals surface area contributed by atoms with Gasteiger partial charge >= 0.3 is 16.3 Å². The maximum atomic E-state index is 13.1. The molecule has 1 unspecified atom stereocenters. The van der Waals surface area contributed by atoms with Crippen LogP contribution in [0.2, 0.25) is 10.0 Å². The largest absolute Gasteiger partial charge is 0.417 e. The molecule has 0 N–H and O–H groups in total. The molecule has 1 amide bonds. The molecule has 4 heterocycles. The van der Waals surface area contributed by atoms with Gasteiger partial charge in [-0.1, -0.05) is 34.4 Å². The molecule has 2 aliphatic rings. The van der Waals surface area contributed by atoms with Crippen molar-refractivity contribution in [3.8, 4) is 5.75 Å². The predicted molar refractivity (Wildman–Crippen MR) is 150 cm³/mol. The van der Waals surface area contributed by atoms with Crippen LogP contribution in [0.4, 0.5) is 13.2 Å². The molecular weight excluding hydrogens is 638 g/mol. The topological polar surface area (TPSA) is 125 Å². The second-order valence-electron chi connectivity index (χ2n) is 10.1. The number of carbonyl (C=O) groups excluding carboxylic acids is 1. The van der Waals surface area contributed by atoms with E-state index in [2.05, 4.69) is 10.3 Å². The minimum absolute atomic E-state index is 0.0457. The molecule has 2 aliphatic heterocycles. The van der Waals surface area contributed by atoms with Crippen LogP contribution in [0.25, 0.3) is 0 Å². The predicted octanol–water partition coefficient (Wildman–Crippen LogP) is 4.44. The van der Waals surface area contributed by atoms with Crippen LogP contribution in [0.3, 0.4) is 0 Å². The first-order valence-electron chi connectivity index (χ1n) is 12.9. The van der Waals surface area contributed by atoms with Crippen LogP contribution >= 0.6 is 23.2 Å². The van der Waals surface area contributed by atoms with Crippen LogP contribution in [0.5, 0.6) is 5.75 Å². The minimum Gasteiger partial charge on any atom is -0.387 e. The van der Waals surface area contributed by atoms with E-state index in [4.69, 9.17) is 32.2 Å². The Bertz CT molecular complexity index is 1750. The van der Waals surface area contributed by atoms with Gasteiger partial charge in [0.1, 0.15) is 23.0 Å². The SMILES string of the molecule is CS(=O)(=O)Oc1cccc(Cl)c1C1CC(c2ccn(C3CCN(C(=O)Cn4cc(C(F)(F)F)cc(Cl)c4=O)CC3)n2)=NO1. The van der Waals surface area contributed by atoms with Crippen LogP contribution in [-0.2, 0) is 32.5 Å². The number of likely N-dealkylation sites (tertiary alicyclic amines) is 1. The van der Waals surface area contributed by atoms with Crippen LogP contribution in [0.15, 0.2) is 52.7 Å². The zero-order chi connectivity index (χ0) is 31.1. The highest BCUT2D eigenvalue weighted by Crippen LogP contribution is 2.40. The number of aromatic nitrogens is 3. The molecule has 0 aliphatic carbocycles. The molecule has 0 radical (unpaired) electrons. The van der Waals surface area contributed by atoms with E-state index in [1.165, 1.54) is 11.0 Å². The Morgan fingerprint density at radius 1 is 1.16 bits per heavy atom. The first-order valence-corrected chi connectivity index (χ1v) is 15.5. The normalized spacial score (nSPS) is 18.0. The summed E-state index contributed by atoms with van der Waals surface area (Å²) in [5.41, 5.74) is -0.585. The van der Waals surface area contributed by atoms with Gasteiger partial charge in [-0.15, -0.1) is 0 Å². The van der Waals surface area contributed by atoms with Crippen LogP contribution in [0, 0.1) is 0 Å². The molecule has 11 nitrogen and oxygen atoms in total. The molecule has 0 saturated carbocycles. The Hall–Kier alpha value is -3.56. The van der Waals surface area contributed by atoms with E-state index in [1.807, 2.05) is 0 Å². The lowest BCUT2D eigenvalue weighted by Gasteiger charge is -2.32. The van der Waals surface area contributed by atoms with Gasteiger partial charge in [0.2, 0.25) is 5.91 Å². The summed E-state index contributed by atoms with van der Waals surface area (Å²) in [7, 11) is -3.81. The summed E-state index contributed by atoms with van der Waals surface area (Å²) in [5.74, 6) is -0.455. The lowest BCUT2D eigenvalue weighted by molar-refractivity contribution is -0.139. The summed E-state index contributed by atoms with van der Waals surface area (Å²) in [6.07, 6.45) is -0.836. The lowest BCUT2D eigenvalue weighted by Crippen LogP contribution is -2.42. The Balaban J connectivity index is 1.20. The molecule has 0 bridgehead atoms. The summed E-state index contributed by atoms with van der Waals surface area (Å²) in [6, 6.07) is 6.85. The summed E-state index contributed by atoms with van der Waals surface area (Å²) in [5, 5.41) is 8.39. The Labute approximate surface area is 253 Å². The van der Waals surface area contributed by atoms with Gasteiger partial charge in [0, 0.05) is 31.9 Å². The molecule has 1 atom stereocenters. The Kier molecular flexibility index (Phi) is 8.51. The molecule has 3 aromatic rings. The molecule has 5 rings (SSSR count). The highest BCUT2D eigenvalue weighted by atomic mass is 35.5. The van der Waals surface area contributed by atoms with Crippen molar-refractivity contribution >= 4 is 44.9 Å². The second kappa shape index (κ2) is 11.8. The number of piperidine rings is 1. The van der Waals surface area contributed by atoms with Gasteiger partial charge in [-0.2, -0.15) is 26.7 Å². The average molecular weight is 662 g/mol. The highest BCUT2D eigenvalue weighted by molar-refractivity contribution is 7.86. The number of pyridine rings is 1. The number of hydrogen-bond acceptors (Lipinski definition) is 8. The summed E-state index contributed by atoms with van der Waals surface area (Å²) < 4.78 is 70.3. The number of benzene rings is 1. The van der Waals surface area contributed by atoms with Crippen molar-refractivity contribution in [3.05, 3.63) is 79.9 Å². The van der Waals surface area contributed by atoms with E-state index >= 15 is 0 Å². The van der Waals surface area contributed by atoms with Crippen molar-refractivity contribution in [1.29, 1.82) is 0 Å². The number of halogens is 5. The fraction of sp³-hybridized carbons (Fsp3) is 0.385. The van der Waals surface area contributed by atoms with Gasteiger partial charge in [0.05, 0.1) is 28.4 Å². The molecule has 1 aromatic carbocycles. The molecule has 1 saturated heterocycles. The van der Waals surface area contributed by atoms with Gasteiger partial charge in [0.15, 0.2) is 11.9 Å². The van der Waals surface area contributed by atoms with E-state index in [1.54, 1.807) is 29.1 Å². The number of oxime groups is 1. The second-order valence-corrected chi connectivity index (χ2v) is 12.5. The van der Waals surface area contributed by atoms with Crippen molar-refractivity contribution in [2.75, 3.05) is 19.3 Å². The van der Waals surface area contributed by atoms with Gasteiger partial charge in [-0.3, -0.25) is 14.3 Å². The Morgan fingerprint density at radius 2 is 1.88 bits per heavy atom. The summed E-state index contributed by atoms with van der Waals surface area (Å²) in [6.45, 7) is 0.0478. The minimum atomic E-state index is -4.72. The van der Waals surface area contributed by atoms with Crippen LogP contribution < -0.4 is 9.74 Å². The van der Waals surface area contributed by atoms with E-state index in [0.29, 0.717) is 59.7 Å². The third-order valence-corrected chi connectivity index (χ3v) is 8.10. The van der Waals surface area contributed by atoms with Crippen molar-refractivity contribution in [2.24, 2.45) is 5.16 Å². The number of carbonyl (C=O) groups is 1. The molecule has 2 aromatic heterocycles. The first kappa shape index (κ1) is 30.9. The molecule has 43 heavy (non-hydrogen) atoms. The van der Waals surface area contributed by atoms with E-state index < -0.39 is 51.0 Å². The quantitative estimate of drug-likeness (QED) is 0.343. The fourth-order valence-corrected chi connectivity index (χ4v) is 5.93. The number of hydrogen-bond donors (Lipinski definition) is 0. The standard InChI is InChI=1S/C26H24Cl2F3N5O6S/c1-43(39,40)42-21-4-2-3-17(27)24(21)22-12-20(33-41-22)19-7-10-36(32-19)16-5-8-34(9-6-16)23(37)14-35-13-15(26(29,30)31)11-18(28)25(35)38/h2-4,7,10-11,13,16,22H,5-6,8-9,12,14H2,1H3. The third-order valence-electron chi connectivity index (χ3n) is 7.02. The van der Waals surface area contributed by atoms with Crippen LogP contribution in [-0.4, -0.2) is 58.6 Å². The number of alkyl halides is 3. The van der Waals surface area contributed by atoms with Crippen molar-refractivity contribution < 1.29 is 35.4 Å². The van der Waals surface area contributed by atoms with Gasteiger partial charge in [0.25, 0.3) is 5.56 Å². The molecule has 230 valence electrons. The van der Waals surface area contributed by atoms with E-state index in [0.717, 1.165) is 6.26 Å². The summed E-state index contributed by atoms with van der Waals surface area (Å²) in [4.78, 5) is 32.1. The van der Waals surface area contributed by atoms with E-state index in [-0.39, 0.29) is 23.2 Å². The lowest BCUT2D eigenvalue weighted by atomic mass is 10.0. The zero-order valence-corrected chi connectivity index (χ0v) is 24.8. The number of nitrogens with zero attached hydrogens (tertiary/aromatic N) is 5. The van der Waals surface area contributed by atoms with E-state index in [9.17, 15) is 31.2 Å². The molecule has 0 spiro atoms. The molecule has 17 heteroatoms. The van der Waals surface area contributed by atoms with Gasteiger partial charge in [-0.25, -0.2) is 0 Å². The van der Waals surface area contributed by atoms with Gasteiger partial charge in [-0.05, 0) is 37.1 Å². The van der Waals surface area contributed by atoms with Crippen LogP contribution in [0.1, 0.15) is 48.2 Å². The van der Waals surface area contributed by atoms with Crippen molar-refractivity contribution in [1.82, 2.24) is 19.2 Å². The van der Waals surface area contributed by atoms with Crippen molar-refractivity contribution in [2.45, 2.75) is 44.1 Å². The number of rotatable bonds is 7.